The SMILES string of the molecule is COC(=O)CN(C(=O)OCc1ccc(OC)cc1)S(=O)(=O)NC[C@@H]1C[C@H](S)CN1C(=O)OCc1ccc(OC)cc1. The summed E-state index contributed by atoms with van der Waals surface area (Å²) in [5.41, 5.74) is 1.31. The van der Waals surface area contributed by atoms with Crippen molar-refractivity contribution >= 4 is 41.0 Å². The number of carbonyl (C=O) groups is 3. The van der Waals surface area contributed by atoms with Gasteiger partial charge in [0, 0.05) is 24.4 Å². The fourth-order valence-electron chi connectivity index (χ4n) is 3.91. The number of rotatable bonds is 12. The zero-order chi connectivity index (χ0) is 30.0. The molecular weight excluding hydrogens is 578 g/mol. The highest BCUT2D eigenvalue weighted by molar-refractivity contribution is 7.87. The van der Waals surface area contributed by atoms with E-state index in [2.05, 4.69) is 22.1 Å². The molecule has 2 aromatic carbocycles. The van der Waals surface area contributed by atoms with Crippen LogP contribution >= 0.6 is 12.6 Å². The Bertz CT molecular complexity index is 1290. The third-order valence-corrected chi connectivity index (χ3v) is 7.93. The zero-order valence-corrected chi connectivity index (χ0v) is 24.6. The lowest BCUT2D eigenvalue weighted by Crippen LogP contribution is -2.50. The lowest BCUT2D eigenvalue weighted by atomic mass is 10.2. The van der Waals surface area contributed by atoms with Crippen molar-refractivity contribution < 1.29 is 46.5 Å². The molecule has 0 bridgehead atoms. The van der Waals surface area contributed by atoms with Crippen molar-refractivity contribution in [3.05, 3.63) is 59.7 Å². The summed E-state index contributed by atoms with van der Waals surface area (Å²) in [6.07, 6.45) is -1.57. The summed E-state index contributed by atoms with van der Waals surface area (Å²) in [5, 5.41) is -0.223. The molecule has 1 fully saturated rings. The van der Waals surface area contributed by atoms with E-state index >= 15 is 0 Å². The third kappa shape index (κ3) is 9.16. The van der Waals surface area contributed by atoms with Gasteiger partial charge in [-0.25, -0.2) is 9.59 Å². The number of methoxy groups -OCH3 is 3. The standard InChI is InChI=1S/C26H33N3O10S2/c1-35-21-8-4-18(5-9-21)16-38-25(31)28-14-23(40)12-20(28)13-27-41(33,34)29(15-24(30)37-3)26(32)39-17-19-6-10-22(36-2)11-7-19/h4-11,20,23,27,40H,12-17H2,1-3H3/t20-,23-/m0/s1. The second kappa shape index (κ2) is 14.8. The first kappa shape index (κ1) is 31.8. The van der Waals surface area contributed by atoms with E-state index in [4.69, 9.17) is 18.9 Å². The summed E-state index contributed by atoms with van der Waals surface area (Å²) in [7, 11) is -0.475. The van der Waals surface area contributed by atoms with E-state index in [0.717, 1.165) is 12.7 Å². The normalized spacial score (nSPS) is 16.5. The first-order chi connectivity index (χ1) is 19.6. The Hall–Kier alpha value is -3.69. The molecule has 3 rings (SSSR count). The number of hydrogen-bond donors (Lipinski definition) is 2. The number of thiol groups is 1. The maximum absolute atomic E-state index is 13.1. The fraction of sp³-hybridized carbons (Fsp3) is 0.423. The van der Waals surface area contributed by atoms with E-state index in [1.54, 1.807) is 55.6 Å². The van der Waals surface area contributed by atoms with Gasteiger partial charge in [0.05, 0.1) is 21.3 Å². The van der Waals surface area contributed by atoms with Crippen LogP contribution in [0.2, 0.25) is 0 Å². The summed E-state index contributed by atoms with van der Waals surface area (Å²) >= 11 is 4.44. The molecule has 224 valence electrons. The van der Waals surface area contributed by atoms with Gasteiger partial charge in [-0.3, -0.25) is 4.79 Å². The summed E-state index contributed by atoms with van der Waals surface area (Å²) in [4.78, 5) is 38.9. The molecule has 0 aromatic heterocycles. The van der Waals surface area contributed by atoms with Gasteiger partial charge >= 0.3 is 28.4 Å². The predicted octanol–water partition coefficient (Wildman–Crippen LogP) is 2.36. The average molecular weight is 612 g/mol. The van der Waals surface area contributed by atoms with E-state index in [0.29, 0.717) is 23.5 Å². The van der Waals surface area contributed by atoms with E-state index < -0.39 is 41.0 Å². The van der Waals surface area contributed by atoms with Crippen LogP contribution in [0.1, 0.15) is 17.5 Å². The fourth-order valence-corrected chi connectivity index (χ4v) is 5.41. The van der Waals surface area contributed by atoms with Crippen molar-refractivity contribution in [2.75, 3.05) is 41.0 Å². The number of ether oxygens (including phenoxy) is 5. The highest BCUT2D eigenvalue weighted by atomic mass is 32.2. The number of benzene rings is 2. The molecule has 1 saturated heterocycles. The van der Waals surface area contributed by atoms with Crippen LogP contribution < -0.4 is 14.2 Å². The van der Waals surface area contributed by atoms with Gasteiger partial charge in [-0.1, -0.05) is 24.3 Å². The van der Waals surface area contributed by atoms with E-state index in [-0.39, 0.29) is 35.9 Å². The largest absolute Gasteiger partial charge is 0.497 e. The van der Waals surface area contributed by atoms with Crippen LogP contribution in [0.25, 0.3) is 0 Å². The molecule has 1 N–H and O–H groups in total. The minimum atomic E-state index is -4.59. The number of nitrogens with one attached hydrogen (secondary N) is 1. The molecule has 1 aliphatic rings. The van der Waals surface area contributed by atoms with Crippen LogP contribution in [0.4, 0.5) is 9.59 Å². The lowest BCUT2D eigenvalue weighted by Gasteiger charge is -2.26. The topological polar surface area (TPSA) is 150 Å². The summed E-state index contributed by atoms with van der Waals surface area (Å²) in [6.45, 7) is -1.20. The monoisotopic (exact) mass is 611 g/mol. The second-order valence-corrected chi connectivity index (χ2v) is 11.3. The molecule has 0 aliphatic carbocycles. The lowest BCUT2D eigenvalue weighted by molar-refractivity contribution is -0.140. The van der Waals surface area contributed by atoms with Gasteiger partial charge < -0.3 is 28.6 Å². The molecule has 13 nitrogen and oxygen atoms in total. The molecule has 2 amide bonds. The van der Waals surface area contributed by atoms with Crippen LogP contribution in [0.15, 0.2) is 48.5 Å². The minimum absolute atomic E-state index is 0.00194. The molecule has 15 heteroatoms. The van der Waals surface area contributed by atoms with Crippen LogP contribution in [0, 0.1) is 0 Å². The van der Waals surface area contributed by atoms with Crippen LogP contribution in [-0.2, 0) is 42.4 Å². The molecule has 2 aromatic rings. The van der Waals surface area contributed by atoms with Gasteiger partial charge in [0.2, 0.25) is 0 Å². The van der Waals surface area contributed by atoms with Gasteiger partial charge in [-0.15, -0.1) is 0 Å². The summed E-state index contributed by atoms with van der Waals surface area (Å²) < 4.78 is 54.1. The maximum atomic E-state index is 13.1. The van der Waals surface area contributed by atoms with Crippen molar-refractivity contribution in [3.8, 4) is 11.5 Å². The van der Waals surface area contributed by atoms with Gasteiger partial charge in [0.1, 0.15) is 31.3 Å². The number of esters is 1. The molecule has 41 heavy (non-hydrogen) atoms. The first-order valence-corrected chi connectivity index (χ1v) is 14.4. The number of carbonyl (C=O) groups excluding carboxylic acids is 3. The van der Waals surface area contributed by atoms with E-state index in [1.807, 2.05) is 0 Å². The summed E-state index contributed by atoms with van der Waals surface area (Å²) in [5.74, 6) is 0.278. The summed E-state index contributed by atoms with van der Waals surface area (Å²) in [6, 6.07) is 12.9. The van der Waals surface area contributed by atoms with Crippen molar-refractivity contribution in [3.63, 3.8) is 0 Å². The third-order valence-electron chi connectivity index (χ3n) is 6.17. The van der Waals surface area contributed by atoms with E-state index in [9.17, 15) is 22.8 Å². The van der Waals surface area contributed by atoms with Crippen LogP contribution in [0.5, 0.6) is 11.5 Å². The van der Waals surface area contributed by atoms with E-state index in [1.165, 1.54) is 12.0 Å². The Morgan fingerprint density at radius 1 is 0.927 bits per heavy atom. The van der Waals surface area contributed by atoms with Crippen LogP contribution in [-0.4, -0.2) is 88.0 Å². The second-order valence-electron chi connectivity index (χ2n) is 8.94. The highest BCUT2D eigenvalue weighted by Gasteiger charge is 2.37. The average Bonchev–Trinajstić information content (AvgIpc) is 3.37. The number of amides is 2. The molecule has 1 heterocycles. The molecule has 1 aliphatic heterocycles. The smallest absolute Gasteiger partial charge is 0.425 e. The zero-order valence-electron chi connectivity index (χ0n) is 22.8. The van der Waals surface area contributed by atoms with Crippen molar-refractivity contribution in [2.45, 2.75) is 30.9 Å². The quantitative estimate of drug-likeness (QED) is 0.208. The van der Waals surface area contributed by atoms with Crippen molar-refractivity contribution in [2.24, 2.45) is 0 Å². The predicted molar refractivity (Wildman–Crippen MR) is 150 cm³/mol. The van der Waals surface area contributed by atoms with Gasteiger partial charge in [-0.05, 0) is 41.8 Å². The maximum Gasteiger partial charge on any atom is 0.425 e. The Labute approximate surface area is 244 Å². The molecule has 0 unspecified atom stereocenters. The highest BCUT2D eigenvalue weighted by Crippen LogP contribution is 2.23. The van der Waals surface area contributed by atoms with Crippen molar-refractivity contribution in [1.82, 2.24) is 13.9 Å². The Kier molecular flexibility index (Phi) is 11.5. The Balaban J connectivity index is 1.63. The number of nitrogens with zero attached hydrogens (tertiary/aromatic N) is 2. The van der Waals surface area contributed by atoms with Gasteiger partial charge in [0.25, 0.3) is 0 Å². The molecule has 2 atom stereocenters. The van der Waals surface area contributed by atoms with Gasteiger partial charge in [0.15, 0.2) is 0 Å². The first-order valence-electron chi connectivity index (χ1n) is 12.4. The van der Waals surface area contributed by atoms with Crippen molar-refractivity contribution in [1.29, 1.82) is 0 Å². The molecular formula is C26H33N3O10S2. The molecule has 0 radical (unpaired) electrons. The number of hydrogen-bond acceptors (Lipinski definition) is 11. The Morgan fingerprint density at radius 2 is 1.46 bits per heavy atom. The minimum Gasteiger partial charge on any atom is -0.497 e. The number of likely N-dealkylation sites (tertiary alicyclic amines) is 1. The Morgan fingerprint density at radius 3 is 1.98 bits per heavy atom. The van der Waals surface area contributed by atoms with Gasteiger partial charge in [-0.2, -0.15) is 30.1 Å². The van der Waals surface area contributed by atoms with Crippen LogP contribution in [0.3, 0.4) is 0 Å². The molecule has 0 spiro atoms. The molecule has 0 saturated carbocycles.